The highest BCUT2D eigenvalue weighted by atomic mass is 16.5. The molecule has 0 heterocycles. The van der Waals surface area contributed by atoms with Gasteiger partial charge in [-0.1, -0.05) is 51.5 Å². The van der Waals surface area contributed by atoms with E-state index in [0.29, 0.717) is 11.8 Å². The second-order valence-electron chi connectivity index (χ2n) is 8.09. The van der Waals surface area contributed by atoms with Gasteiger partial charge < -0.3 is 4.74 Å². The fourth-order valence-corrected chi connectivity index (χ4v) is 4.41. The average Bonchev–Trinajstić information content (AvgIpc) is 2.59. The van der Waals surface area contributed by atoms with Crippen LogP contribution in [0.25, 0.3) is 0 Å². The van der Waals surface area contributed by atoms with Crippen LogP contribution in [0.5, 0.6) is 0 Å². The Hall–Kier alpha value is -1.57. The van der Waals surface area contributed by atoms with Crippen molar-refractivity contribution in [3.05, 3.63) is 47.1 Å². The van der Waals surface area contributed by atoms with Crippen LogP contribution in [0.2, 0.25) is 0 Å². The molecule has 2 aliphatic carbocycles. The lowest BCUT2D eigenvalue weighted by atomic mass is 9.56. The molecule has 0 aromatic heterocycles. The summed E-state index contributed by atoms with van der Waals surface area (Å²) in [5.74, 6) is 0.877. The first-order chi connectivity index (χ1) is 11.8. The van der Waals surface area contributed by atoms with Crippen molar-refractivity contribution in [3.8, 4) is 0 Å². The van der Waals surface area contributed by atoms with Gasteiger partial charge in [0.1, 0.15) is 0 Å². The van der Waals surface area contributed by atoms with Gasteiger partial charge in [0.15, 0.2) is 0 Å². The van der Waals surface area contributed by atoms with Gasteiger partial charge in [0, 0.05) is 6.08 Å². The molecule has 0 aromatic rings. The van der Waals surface area contributed by atoms with Gasteiger partial charge in [-0.25, -0.2) is 4.79 Å². The molecule has 2 rings (SSSR count). The minimum Gasteiger partial charge on any atom is -0.466 e. The number of rotatable bonds is 6. The van der Waals surface area contributed by atoms with Gasteiger partial charge in [0.05, 0.1) is 7.11 Å². The number of allylic oxidation sites excluding steroid dienone is 6. The Morgan fingerprint density at radius 3 is 2.80 bits per heavy atom. The summed E-state index contributed by atoms with van der Waals surface area (Å²) in [7, 11) is 1.43. The highest BCUT2D eigenvalue weighted by Gasteiger charge is 2.43. The van der Waals surface area contributed by atoms with Gasteiger partial charge in [-0.3, -0.25) is 0 Å². The molecule has 0 bridgehead atoms. The fourth-order valence-electron chi connectivity index (χ4n) is 4.41. The van der Waals surface area contributed by atoms with E-state index in [-0.39, 0.29) is 11.4 Å². The van der Waals surface area contributed by atoms with Crippen molar-refractivity contribution in [2.45, 2.75) is 66.2 Å². The maximum Gasteiger partial charge on any atom is 0.330 e. The highest BCUT2D eigenvalue weighted by molar-refractivity contribution is 5.82. The van der Waals surface area contributed by atoms with Gasteiger partial charge in [0.2, 0.25) is 0 Å². The molecule has 0 spiro atoms. The molecule has 0 saturated carbocycles. The third kappa shape index (κ3) is 4.16. The van der Waals surface area contributed by atoms with Crippen molar-refractivity contribution < 1.29 is 9.53 Å². The molecular weight excluding hydrogens is 308 g/mol. The number of methoxy groups -OCH3 is 1. The zero-order chi connectivity index (χ0) is 18.6. The quantitative estimate of drug-likeness (QED) is 0.328. The SMILES string of the molecule is C=C(C)C1CC=C2C(CCCC)=C(/C=C/C(=O)OC)C[C@@H](C)[C@]2(C)C1. The number of hydrogen-bond acceptors (Lipinski definition) is 2. The summed E-state index contributed by atoms with van der Waals surface area (Å²) in [6, 6.07) is 0. The molecule has 0 fully saturated rings. The van der Waals surface area contributed by atoms with Crippen molar-refractivity contribution in [1.82, 2.24) is 0 Å². The number of hydrogen-bond donors (Lipinski definition) is 0. The molecule has 0 saturated heterocycles. The summed E-state index contributed by atoms with van der Waals surface area (Å²) < 4.78 is 4.78. The minimum absolute atomic E-state index is 0.216. The van der Waals surface area contributed by atoms with Crippen LogP contribution >= 0.6 is 0 Å². The zero-order valence-electron chi connectivity index (χ0n) is 16.7. The Morgan fingerprint density at radius 2 is 2.20 bits per heavy atom. The first-order valence-corrected chi connectivity index (χ1v) is 9.67. The Balaban J connectivity index is 2.46. The second-order valence-corrected chi connectivity index (χ2v) is 8.09. The van der Waals surface area contributed by atoms with Crippen LogP contribution in [-0.2, 0) is 9.53 Å². The third-order valence-corrected chi connectivity index (χ3v) is 6.32. The van der Waals surface area contributed by atoms with E-state index in [1.165, 1.54) is 48.7 Å². The number of ether oxygens (including phenoxy) is 1. The summed E-state index contributed by atoms with van der Waals surface area (Å²) in [6.45, 7) is 13.4. The maximum atomic E-state index is 11.6. The molecule has 0 radical (unpaired) electrons. The zero-order valence-corrected chi connectivity index (χ0v) is 16.7. The third-order valence-electron chi connectivity index (χ3n) is 6.32. The molecule has 0 amide bonds. The average molecular weight is 343 g/mol. The first-order valence-electron chi connectivity index (χ1n) is 9.67. The van der Waals surface area contributed by atoms with Crippen LogP contribution in [0.3, 0.4) is 0 Å². The van der Waals surface area contributed by atoms with E-state index in [9.17, 15) is 4.79 Å². The second kappa shape index (κ2) is 8.21. The molecule has 0 aliphatic heterocycles. The lowest BCUT2D eigenvalue weighted by Crippen LogP contribution is -2.37. The highest BCUT2D eigenvalue weighted by Crippen LogP contribution is 2.55. The van der Waals surface area contributed by atoms with Crippen molar-refractivity contribution in [1.29, 1.82) is 0 Å². The van der Waals surface area contributed by atoms with Gasteiger partial charge in [-0.15, -0.1) is 0 Å². The molecule has 1 unspecified atom stereocenters. The minimum atomic E-state index is -0.275. The summed E-state index contributed by atoms with van der Waals surface area (Å²) in [5, 5.41) is 0. The van der Waals surface area contributed by atoms with Crippen LogP contribution in [0.4, 0.5) is 0 Å². The standard InChI is InChI=1S/C23H34O2/c1-7-8-9-20-18(11-13-22(24)25-6)14-17(4)23(5)15-19(16(2)3)10-12-21(20)23/h11-13,17,19H,2,7-10,14-15H2,1,3-6H3/b13-11+/t17-,19?,23+/m1/s1. The molecule has 2 heteroatoms. The predicted octanol–water partition coefficient (Wildman–Crippen LogP) is 6.16. The lowest BCUT2D eigenvalue weighted by Gasteiger charge is -2.48. The molecule has 2 aliphatic rings. The number of carbonyl (C=O) groups is 1. The fraction of sp³-hybridized carbons (Fsp3) is 0.609. The molecular formula is C23H34O2. The Bertz CT molecular complexity index is 620. The van der Waals surface area contributed by atoms with Crippen LogP contribution < -0.4 is 0 Å². The van der Waals surface area contributed by atoms with Crippen molar-refractivity contribution >= 4 is 5.97 Å². The van der Waals surface area contributed by atoms with Crippen molar-refractivity contribution in [2.24, 2.45) is 17.3 Å². The van der Waals surface area contributed by atoms with Crippen LogP contribution in [0, 0.1) is 17.3 Å². The number of fused-ring (bicyclic) bond motifs is 1. The van der Waals surface area contributed by atoms with Crippen LogP contribution in [0.1, 0.15) is 66.2 Å². The smallest absolute Gasteiger partial charge is 0.330 e. The first kappa shape index (κ1) is 19.8. The van der Waals surface area contributed by atoms with E-state index in [2.05, 4.69) is 40.3 Å². The van der Waals surface area contributed by atoms with E-state index < -0.39 is 0 Å². The Morgan fingerprint density at radius 1 is 1.48 bits per heavy atom. The summed E-state index contributed by atoms with van der Waals surface area (Å²) >= 11 is 0. The molecule has 2 nitrogen and oxygen atoms in total. The molecule has 138 valence electrons. The van der Waals surface area contributed by atoms with Gasteiger partial charge in [-0.05, 0) is 73.0 Å². The number of unbranched alkanes of at least 4 members (excludes halogenated alkanes) is 1. The molecule has 0 N–H and O–H groups in total. The van der Waals surface area contributed by atoms with Gasteiger partial charge in [-0.2, -0.15) is 0 Å². The van der Waals surface area contributed by atoms with E-state index in [1.54, 1.807) is 6.08 Å². The number of esters is 1. The summed E-state index contributed by atoms with van der Waals surface area (Å²) in [5.41, 5.74) is 5.85. The topological polar surface area (TPSA) is 26.3 Å². The lowest BCUT2D eigenvalue weighted by molar-refractivity contribution is -0.134. The predicted molar refractivity (Wildman–Crippen MR) is 105 cm³/mol. The van der Waals surface area contributed by atoms with E-state index in [0.717, 1.165) is 19.3 Å². The Labute approximate surface area is 153 Å². The van der Waals surface area contributed by atoms with Crippen molar-refractivity contribution in [2.75, 3.05) is 7.11 Å². The van der Waals surface area contributed by atoms with Gasteiger partial charge in [0.25, 0.3) is 0 Å². The summed E-state index contributed by atoms with van der Waals surface area (Å²) in [4.78, 5) is 11.6. The van der Waals surface area contributed by atoms with E-state index in [1.807, 2.05) is 6.08 Å². The van der Waals surface area contributed by atoms with E-state index >= 15 is 0 Å². The molecule has 3 atom stereocenters. The normalized spacial score (nSPS) is 29.4. The molecule has 25 heavy (non-hydrogen) atoms. The molecule has 0 aromatic carbocycles. The maximum absolute atomic E-state index is 11.6. The van der Waals surface area contributed by atoms with Crippen LogP contribution in [0.15, 0.2) is 47.1 Å². The largest absolute Gasteiger partial charge is 0.466 e. The number of carbonyl (C=O) groups excluding carboxylic acids is 1. The van der Waals surface area contributed by atoms with Crippen molar-refractivity contribution in [3.63, 3.8) is 0 Å². The Kier molecular flexibility index (Phi) is 6.48. The summed E-state index contributed by atoms with van der Waals surface area (Å²) in [6.07, 6.45) is 12.8. The van der Waals surface area contributed by atoms with Gasteiger partial charge >= 0.3 is 5.97 Å². The monoisotopic (exact) mass is 342 g/mol. The van der Waals surface area contributed by atoms with E-state index in [4.69, 9.17) is 4.74 Å². The van der Waals surface area contributed by atoms with Crippen LogP contribution in [-0.4, -0.2) is 13.1 Å².